The number of nitrogens with two attached hydrogens (primary N) is 1. The number of hydrogen-bond donors (Lipinski definition) is 2. The second kappa shape index (κ2) is 5.38. The highest BCUT2D eigenvalue weighted by molar-refractivity contribution is 7.16. The molecule has 0 aliphatic carbocycles. The van der Waals surface area contributed by atoms with Gasteiger partial charge in [-0.15, -0.1) is 11.3 Å². The molecule has 1 aromatic rings. The maximum atomic E-state index is 11.9. The summed E-state index contributed by atoms with van der Waals surface area (Å²) in [5, 5.41) is 2.90. The lowest BCUT2D eigenvalue weighted by Crippen LogP contribution is -2.49. The zero-order valence-corrected chi connectivity index (χ0v) is 12.2. The zero-order chi connectivity index (χ0) is 13.2. The van der Waals surface area contributed by atoms with Crippen molar-refractivity contribution in [2.45, 2.75) is 39.8 Å². The Kier molecular flexibility index (Phi) is 4.58. The maximum absolute atomic E-state index is 11.9. The van der Waals surface area contributed by atoms with E-state index in [0.717, 1.165) is 9.21 Å². The lowest BCUT2D eigenvalue weighted by atomic mass is 9.87. The predicted molar refractivity (Wildman–Crippen MR) is 73.3 cm³/mol. The van der Waals surface area contributed by atoms with Gasteiger partial charge >= 0.3 is 0 Å². The molecule has 2 atom stereocenters. The van der Waals surface area contributed by atoms with Gasteiger partial charge in [0.2, 0.25) is 5.91 Å². The number of hydrogen-bond acceptors (Lipinski definition) is 3. The normalized spacial score (nSPS) is 15.4. The van der Waals surface area contributed by atoms with Gasteiger partial charge in [0, 0.05) is 4.88 Å². The minimum atomic E-state index is -0.514. The van der Waals surface area contributed by atoms with E-state index < -0.39 is 6.04 Å². The first-order valence-corrected chi connectivity index (χ1v) is 6.72. The molecule has 1 rings (SSSR count). The van der Waals surface area contributed by atoms with Gasteiger partial charge in [0.05, 0.1) is 16.4 Å². The molecule has 0 bridgehead atoms. The van der Waals surface area contributed by atoms with Gasteiger partial charge < -0.3 is 11.1 Å². The first-order chi connectivity index (χ1) is 7.71. The largest absolute Gasteiger partial charge is 0.347 e. The number of nitrogens with one attached hydrogen (secondary N) is 1. The molecular formula is C12H19ClN2OS. The van der Waals surface area contributed by atoms with Crippen LogP contribution in [0.1, 0.15) is 38.6 Å². The van der Waals surface area contributed by atoms with Crippen LogP contribution in [-0.2, 0) is 4.79 Å². The van der Waals surface area contributed by atoms with Gasteiger partial charge in [-0.2, -0.15) is 0 Å². The molecule has 0 aliphatic rings. The van der Waals surface area contributed by atoms with Crippen molar-refractivity contribution in [1.29, 1.82) is 0 Å². The van der Waals surface area contributed by atoms with E-state index in [1.165, 1.54) is 11.3 Å². The third-order valence-corrected chi connectivity index (χ3v) is 4.01. The van der Waals surface area contributed by atoms with Crippen LogP contribution < -0.4 is 11.1 Å². The fourth-order valence-corrected chi connectivity index (χ4v) is 2.39. The van der Waals surface area contributed by atoms with Gasteiger partial charge in [0.25, 0.3) is 0 Å². The third kappa shape index (κ3) is 3.98. The Balaban J connectivity index is 2.63. The molecule has 96 valence electrons. The van der Waals surface area contributed by atoms with Gasteiger partial charge in [-0.1, -0.05) is 32.4 Å². The highest BCUT2D eigenvalue weighted by Crippen LogP contribution is 2.27. The molecule has 1 amide bonds. The summed E-state index contributed by atoms with van der Waals surface area (Å²) in [5.74, 6) is -0.130. The summed E-state index contributed by atoms with van der Waals surface area (Å²) in [5.41, 5.74) is 5.65. The van der Waals surface area contributed by atoms with Crippen LogP contribution in [0.15, 0.2) is 12.1 Å². The Hall–Kier alpha value is -0.580. The SMILES string of the molecule is CC(NC(=O)[C@H](N)C(C)(C)C)c1ccc(Cl)s1. The van der Waals surface area contributed by atoms with Crippen molar-refractivity contribution in [3.63, 3.8) is 0 Å². The Morgan fingerprint density at radius 1 is 1.47 bits per heavy atom. The van der Waals surface area contributed by atoms with Crippen molar-refractivity contribution in [1.82, 2.24) is 5.32 Å². The smallest absolute Gasteiger partial charge is 0.237 e. The second-order valence-electron chi connectivity index (χ2n) is 5.22. The number of carbonyl (C=O) groups excluding carboxylic acids is 1. The van der Waals surface area contributed by atoms with E-state index in [0.29, 0.717) is 0 Å². The van der Waals surface area contributed by atoms with E-state index in [9.17, 15) is 4.79 Å². The first-order valence-electron chi connectivity index (χ1n) is 5.53. The van der Waals surface area contributed by atoms with Crippen molar-refractivity contribution < 1.29 is 4.79 Å². The number of carbonyl (C=O) groups is 1. The van der Waals surface area contributed by atoms with Crippen LogP contribution in [0.3, 0.4) is 0 Å². The minimum absolute atomic E-state index is 0.0617. The highest BCUT2D eigenvalue weighted by atomic mass is 35.5. The molecule has 1 heterocycles. The monoisotopic (exact) mass is 274 g/mol. The fraction of sp³-hybridized carbons (Fsp3) is 0.583. The zero-order valence-electron chi connectivity index (χ0n) is 10.6. The molecule has 0 fully saturated rings. The quantitative estimate of drug-likeness (QED) is 0.890. The van der Waals surface area contributed by atoms with Gasteiger partial charge in [-0.05, 0) is 24.5 Å². The molecule has 0 spiro atoms. The standard InChI is InChI=1S/C12H19ClN2OS/c1-7(8-5-6-9(13)17-8)15-11(16)10(14)12(2,3)4/h5-7,10H,14H2,1-4H3,(H,15,16)/t7?,10-/m0/s1. The molecule has 0 aromatic carbocycles. The molecule has 17 heavy (non-hydrogen) atoms. The summed E-state index contributed by atoms with van der Waals surface area (Å²) in [7, 11) is 0. The highest BCUT2D eigenvalue weighted by Gasteiger charge is 2.28. The summed E-state index contributed by atoms with van der Waals surface area (Å²) in [4.78, 5) is 12.9. The van der Waals surface area contributed by atoms with Crippen LogP contribution in [0.25, 0.3) is 0 Å². The van der Waals surface area contributed by atoms with Crippen molar-refractivity contribution in [2.24, 2.45) is 11.1 Å². The molecular weight excluding hydrogens is 256 g/mol. The average molecular weight is 275 g/mol. The molecule has 0 saturated carbocycles. The topological polar surface area (TPSA) is 55.1 Å². The van der Waals surface area contributed by atoms with Crippen molar-refractivity contribution in [3.05, 3.63) is 21.3 Å². The Morgan fingerprint density at radius 2 is 2.06 bits per heavy atom. The van der Waals surface area contributed by atoms with Gasteiger partial charge in [-0.3, -0.25) is 4.79 Å². The molecule has 0 radical (unpaired) electrons. The molecule has 0 saturated heterocycles. The molecule has 1 unspecified atom stereocenters. The van der Waals surface area contributed by atoms with Crippen molar-refractivity contribution in [2.75, 3.05) is 0 Å². The second-order valence-corrected chi connectivity index (χ2v) is 6.96. The summed E-state index contributed by atoms with van der Waals surface area (Å²) < 4.78 is 0.723. The van der Waals surface area contributed by atoms with E-state index in [-0.39, 0.29) is 17.4 Å². The van der Waals surface area contributed by atoms with Crippen LogP contribution in [0.2, 0.25) is 4.34 Å². The summed E-state index contributed by atoms with van der Waals surface area (Å²) in [6.07, 6.45) is 0. The molecule has 0 aliphatic heterocycles. The number of thiophene rings is 1. The van der Waals surface area contributed by atoms with Crippen LogP contribution in [0.5, 0.6) is 0 Å². The Bertz CT molecular complexity index is 397. The maximum Gasteiger partial charge on any atom is 0.237 e. The molecule has 5 heteroatoms. The van der Waals surface area contributed by atoms with E-state index in [4.69, 9.17) is 17.3 Å². The average Bonchev–Trinajstić information content (AvgIpc) is 2.62. The Morgan fingerprint density at radius 3 is 2.47 bits per heavy atom. The van der Waals surface area contributed by atoms with E-state index in [2.05, 4.69) is 5.32 Å². The van der Waals surface area contributed by atoms with Gasteiger partial charge in [0.1, 0.15) is 0 Å². The van der Waals surface area contributed by atoms with E-state index in [1.807, 2.05) is 39.8 Å². The third-order valence-electron chi connectivity index (χ3n) is 2.60. The molecule has 3 nitrogen and oxygen atoms in total. The fourth-order valence-electron chi connectivity index (χ4n) is 1.33. The summed E-state index contributed by atoms with van der Waals surface area (Å²) >= 11 is 7.32. The first kappa shape index (κ1) is 14.5. The lowest BCUT2D eigenvalue weighted by molar-refractivity contribution is -0.125. The molecule has 3 N–H and O–H groups in total. The Labute approximate surface area is 111 Å². The van der Waals surface area contributed by atoms with Gasteiger partial charge in [0.15, 0.2) is 0 Å². The van der Waals surface area contributed by atoms with Crippen LogP contribution in [0.4, 0.5) is 0 Å². The van der Waals surface area contributed by atoms with E-state index >= 15 is 0 Å². The van der Waals surface area contributed by atoms with Crippen LogP contribution in [0, 0.1) is 5.41 Å². The number of halogens is 1. The van der Waals surface area contributed by atoms with Gasteiger partial charge in [-0.25, -0.2) is 0 Å². The van der Waals surface area contributed by atoms with Crippen LogP contribution >= 0.6 is 22.9 Å². The number of amides is 1. The predicted octanol–water partition coefficient (Wildman–Crippen LogP) is 2.95. The number of rotatable bonds is 3. The van der Waals surface area contributed by atoms with Crippen molar-refractivity contribution in [3.8, 4) is 0 Å². The van der Waals surface area contributed by atoms with Crippen LogP contribution in [-0.4, -0.2) is 11.9 Å². The van der Waals surface area contributed by atoms with Crippen molar-refractivity contribution >= 4 is 28.8 Å². The minimum Gasteiger partial charge on any atom is -0.347 e. The lowest BCUT2D eigenvalue weighted by Gasteiger charge is -2.27. The van der Waals surface area contributed by atoms with E-state index in [1.54, 1.807) is 0 Å². The molecule has 1 aromatic heterocycles. The summed E-state index contributed by atoms with van der Waals surface area (Å²) in [6.45, 7) is 7.77. The summed E-state index contributed by atoms with van der Waals surface area (Å²) in [6, 6.07) is 3.17.